The topological polar surface area (TPSA) is 26.0 Å². The van der Waals surface area contributed by atoms with Crippen LogP contribution in [0.2, 0.25) is 0 Å². The van der Waals surface area contributed by atoms with Gasteiger partial charge in [-0.2, -0.15) is 0 Å². The first-order chi connectivity index (χ1) is 8.08. The normalized spacial score (nSPS) is 12.7. The molecule has 0 bridgehead atoms. The molecule has 1 aromatic carbocycles. The smallest absolute Gasteiger partial charge is 0.129 e. The van der Waals surface area contributed by atoms with Crippen molar-refractivity contribution in [2.45, 2.75) is 12.5 Å². The molecule has 0 saturated carbocycles. The average Bonchev–Trinajstić information content (AvgIpc) is 2.70. The van der Waals surface area contributed by atoms with E-state index in [9.17, 15) is 8.78 Å². The van der Waals surface area contributed by atoms with E-state index in [1.54, 1.807) is 0 Å². The number of hydrogen-bond acceptors (Lipinski definition) is 2. The van der Waals surface area contributed by atoms with E-state index in [4.69, 9.17) is 5.73 Å². The minimum atomic E-state index is -0.545. The van der Waals surface area contributed by atoms with Crippen LogP contribution in [0.5, 0.6) is 0 Å². The fourth-order valence-corrected chi connectivity index (χ4v) is 3.00. The monoisotopic (exact) mass is 317 g/mol. The Labute approximate surface area is 110 Å². The highest BCUT2D eigenvalue weighted by atomic mass is 79.9. The fraction of sp³-hybridized carbons (Fsp3) is 0.167. The Kier molecular flexibility index (Phi) is 3.91. The fourth-order valence-electron chi connectivity index (χ4n) is 1.58. The molecular weight excluding hydrogens is 308 g/mol. The van der Waals surface area contributed by atoms with Gasteiger partial charge in [-0.05, 0) is 46.6 Å². The molecule has 2 N–H and O–H groups in total. The van der Waals surface area contributed by atoms with Gasteiger partial charge in [-0.25, -0.2) is 8.78 Å². The van der Waals surface area contributed by atoms with Crippen LogP contribution in [0.3, 0.4) is 0 Å². The summed E-state index contributed by atoms with van der Waals surface area (Å²) in [6, 6.07) is 7.18. The van der Waals surface area contributed by atoms with E-state index in [-0.39, 0.29) is 12.0 Å². The molecule has 0 aliphatic rings. The van der Waals surface area contributed by atoms with E-state index in [1.807, 2.05) is 12.1 Å². The van der Waals surface area contributed by atoms with E-state index >= 15 is 0 Å². The van der Waals surface area contributed by atoms with E-state index in [2.05, 4.69) is 15.9 Å². The lowest BCUT2D eigenvalue weighted by Gasteiger charge is -2.11. The zero-order valence-corrected chi connectivity index (χ0v) is 11.2. The van der Waals surface area contributed by atoms with Gasteiger partial charge < -0.3 is 5.73 Å². The van der Waals surface area contributed by atoms with Gasteiger partial charge in [0.15, 0.2) is 0 Å². The number of thiophene rings is 1. The van der Waals surface area contributed by atoms with Gasteiger partial charge in [0.2, 0.25) is 0 Å². The van der Waals surface area contributed by atoms with Gasteiger partial charge >= 0.3 is 0 Å². The number of hydrogen-bond donors (Lipinski definition) is 1. The molecule has 1 unspecified atom stereocenters. The van der Waals surface area contributed by atoms with Gasteiger partial charge in [-0.3, -0.25) is 0 Å². The van der Waals surface area contributed by atoms with E-state index in [0.29, 0.717) is 0 Å². The van der Waals surface area contributed by atoms with Crippen LogP contribution in [0.25, 0.3) is 0 Å². The molecule has 0 fully saturated rings. The first-order valence-electron chi connectivity index (χ1n) is 5.01. The van der Waals surface area contributed by atoms with Gasteiger partial charge in [0.1, 0.15) is 11.6 Å². The van der Waals surface area contributed by atoms with Crippen LogP contribution in [0.4, 0.5) is 8.78 Å². The average molecular weight is 318 g/mol. The summed E-state index contributed by atoms with van der Waals surface area (Å²) in [6.07, 6.45) is 0.158. The third kappa shape index (κ3) is 2.91. The molecule has 1 aromatic heterocycles. The van der Waals surface area contributed by atoms with Crippen LogP contribution in [-0.4, -0.2) is 0 Å². The summed E-state index contributed by atoms with van der Waals surface area (Å²) in [7, 11) is 0. The minimum Gasteiger partial charge on any atom is -0.323 e. The van der Waals surface area contributed by atoms with Crippen molar-refractivity contribution in [3.63, 3.8) is 0 Å². The molecule has 1 atom stereocenters. The molecule has 5 heteroatoms. The molecular formula is C12H10BrF2NS. The Morgan fingerprint density at radius 1 is 1.18 bits per heavy atom. The van der Waals surface area contributed by atoms with Crippen molar-refractivity contribution in [1.82, 2.24) is 0 Å². The maximum atomic E-state index is 13.4. The van der Waals surface area contributed by atoms with Gasteiger partial charge in [0.05, 0.1) is 3.79 Å². The molecule has 2 aromatic rings. The summed E-state index contributed by atoms with van der Waals surface area (Å²) in [5, 5.41) is 0. The van der Waals surface area contributed by atoms with Crippen molar-refractivity contribution in [1.29, 1.82) is 0 Å². The highest BCUT2D eigenvalue weighted by molar-refractivity contribution is 9.11. The number of nitrogens with two attached hydrogens (primary N) is 1. The van der Waals surface area contributed by atoms with Gasteiger partial charge in [-0.15, -0.1) is 11.3 Å². The lowest BCUT2D eigenvalue weighted by Crippen LogP contribution is -2.13. The summed E-state index contributed by atoms with van der Waals surface area (Å²) >= 11 is 4.80. The van der Waals surface area contributed by atoms with Crippen LogP contribution in [0.15, 0.2) is 34.1 Å². The molecule has 0 amide bonds. The molecule has 90 valence electrons. The summed E-state index contributed by atoms with van der Waals surface area (Å²) in [4.78, 5) is 0.902. The molecule has 0 spiro atoms. The molecule has 0 radical (unpaired) electrons. The predicted octanol–water partition coefficient (Wildman–Crippen LogP) is 4.03. The van der Waals surface area contributed by atoms with Gasteiger partial charge in [0.25, 0.3) is 0 Å². The Morgan fingerprint density at radius 3 is 2.35 bits per heavy atom. The first-order valence-corrected chi connectivity index (χ1v) is 6.62. The zero-order chi connectivity index (χ0) is 12.4. The number of halogens is 3. The van der Waals surface area contributed by atoms with Crippen molar-refractivity contribution in [3.05, 3.63) is 56.2 Å². The molecule has 0 aliphatic carbocycles. The van der Waals surface area contributed by atoms with Crippen LogP contribution in [0, 0.1) is 11.6 Å². The van der Waals surface area contributed by atoms with Crippen molar-refractivity contribution in [2.24, 2.45) is 5.73 Å². The second-order valence-electron chi connectivity index (χ2n) is 3.65. The Bertz CT molecular complexity index is 507. The Hall–Kier alpha value is -0.780. The third-order valence-electron chi connectivity index (χ3n) is 2.45. The van der Waals surface area contributed by atoms with Gasteiger partial charge in [0, 0.05) is 16.5 Å². The largest absolute Gasteiger partial charge is 0.323 e. The van der Waals surface area contributed by atoms with Crippen molar-refractivity contribution in [2.75, 3.05) is 0 Å². The maximum Gasteiger partial charge on any atom is 0.129 e. The zero-order valence-electron chi connectivity index (χ0n) is 8.79. The van der Waals surface area contributed by atoms with Crippen molar-refractivity contribution < 1.29 is 8.78 Å². The lowest BCUT2D eigenvalue weighted by atomic mass is 10.0. The predicted molar refractivity (Wildman–Crippen MR) is 69.0 cm³/mol. The molecule has 1 nitrogen and oxygen atoms in total. The highest BCUT2D eigenvalue weighted by Gasteiger charge is 2.15. The number of benzene rings is 1. The Morgan fingerprint density at radius 2 is 1.82 bits per heavy atom. The first kappa shape index (κ1) is 12.7. The Balaban J connectivity index is 2.21. The van der Waals surface area contributed by atoms with Crippen LogP contribution >= 0.6 is 27.3 Å². The summed E-state index contributed by atoms with van der Waals surface area (Å²) in [6.45, 7) is 0. The summed E-state index contributed by atoms with van der Waals surface area (Å²) in [5.74, 6) is -1.09. The molecule has 1 heterocycles. The molecule has 0 saturated heterocycles. The van der Waals surface area contributed by atoms with E-state index in [1.165, 1.54) is 29.5 Å². The van der Waals surface area contributed by atoms with E-state index < -0.39 is 17.7 Å². The molecule has 0 aliphatic heterocycles. The quantitative estimate of drug-likeness (QED) is 0.908. The van der Waals surface area contributed by atoms with Gasteiger partial charge in [-0.1, -0.05) is 6.07 Å². The summed E-state index contributed by atoms with van der Waals surface area (Å²) in [5.41, 5.74) is 5.98. The SMILES string of the molecule is NC(Cc1c(F)cccc1F)c1ccc(Br)s1. The standard InChI is InChI=1S/C12H10BrF2NS/c13-12-5-4-11(17-12)10(16)6-7-8(14)2-1-3-9(7)15/h1-5,10H,6,16H2. The van der Waals surface area contributed by atoms with Crippen LogP contribution in [-0.2, 0) is 6.42 Å². The molecule has 17 heavy (non-hydrogen) atoms. The number of rotatable bonds is 3. The maximum absolute atomic E-state index is 13.4. The van der Waals surface area contributed by atoms with E-state index in [0.717, 1.165) is 8.66 Å². The van der Waals surface area contributed by atoms with Crippen molar-refractivity contribution >= 4 is 27.3 Å². The van der Waals surface area contributed by atoms with Crippen LogP contribution in [0.1, 0.15) is 16.5 Å². The van der Waals surface area contributed by atoms with Crippen LogP contribution < -0.4 is 5.73 Å². The second kappa shape index (κ2) is 5.25. The second-order valence-corrected chi connectivity index (χ2v) is 6.15. The lowest BCUT2D eigenvalue weighted by molar-refractivity contribution is 0.541. The van der Waals surface area contributed by atoms with Crippen molar-refractivity contribution in [3.8, 4) is 0 Å². The highest BCUT2D eigenvalue weighted by Crippen LogP contribution is 2.28. The molecule has 2 rings (SSSR count). The minimum absolute atomic E-state index is 0.0459. The summed E-state index contributed by atoms with van der Waals surface area (Å²) < 4.78 is 27.8. The third-order valence-corrected chi connectivity index (χ3v) is 4.20.